The van der Waals surface area contributed by atoms with Crippen LogP contribution in [0.1, 0.15) is 30.5 Å². The van der Waals surface area contributed by atoms with Crippen LogP contribution in [0.4, 0.5) is 0 Å². The van der Waals surface area contributed by atoms with E-state index in [0.717, 1.165) is 39.1 Å². The Kier molecular flexibility index (Phi) is 4.19. The van der Waals surface area contributed by atoms with Gasteiger partial charge in [0.15, 0.2) is 0 Å². The van der Waals surface area contributed by atoms with Crippen LogP contribution in [0.5, 0.6) is 0 Å². The molecule has 0 bridgehead atoms. The van der Waals surface area contributed by atoms with E-state index < -0.39 is 0 Å². The van der Waals surface area contributed by atoms with Crippen LogP contribution in [0.15, 0.2) is 18.2 Å². The van der Waals surface area contributed by atoms with Crippen molar-refractivity contribution in [1.82, 2.24) is 9.80 Å². The highest BCUT2D eigenvalue weighted by atomic mass is 15.1. The zero-order chi connectivity index (χ0) is 12.3. The van der Waals surface area contributed by atoms with Crippen molar-refractivity contribution >= 4 is 0 Å². The Morgan fingerprint density at radius 3 is 2.76 bits per heavy atom. The molecule has 0 N–H and O–H groups in total. The van der Waals surface area contributed by atoms with Gasteiger partial charge < -0.3 is 4.90 Å². The van der Waals surface area contributed by atoms with Crippen LogP contribution in [0.25, 0.3) is 0 Å². The minimum absolute atomic E-state index is 1.00. The van der Waals surface area contributed by atoms with E-state index in [0.29, 0.717) is 0 Å². The quantitative estimate of drug-likeness (QED) is 0.735. The van der Waals surface area contributed by atoms with Crippen LogP contribution in [-0.2, 0) is 19.5 Å². The third kappa shape index (κ3) is 2.88. The molecule has 1 aromatic rings. The van der Waals surface area contributed by atoms with Crippen LogP contribution in [0.2, 0.25) is 0 Å². The van der Waals surface area contributed by atoms with Crippen LogP contribution in [0, 0.1) is 7.05 Å². The van der Waals surface area contributed by atoms with E-state index >= 15 is 0 Å². The molecule has 1 aliphatic rings. The van der Waals surface area contributed by atoms with Crippen LogP contribution in [0.3, 0.4) is 0 Å². The smallest absolute Gasteiger partial charge is 0.0236 e. The fraction of sp³-hybridized carbons (Fsp3) is 0.533. The lowest BCUT2D eigenvalue weighted by atomic mass is 9.94. The molecule has 0 saturated carbocycles. The molecular formula is C15H23N2-. The van der Waals surface area contributed by atoms with Gasteiger partial charge in [-0.3, -0.25) is 11.9 Å². The maximum Gasteiger partial charge on any atom is 0.0236 e. The van der Waals surface area contributed by atoms with Gasteiger partial charge in [-0.15, -0.1) is 0 Å². The van der Waals surface area contributed by atoms with Crippen molar-refractivity contribution in [3.05, 3.63) is 41.9 Å². The van der Waals surface area contributed by atoms with Gasteiger partial charge in [-0.1, -0.05) is 32.0 Å². The number of benzene rings is 1. The van der Waals surface area contributed by atoms with Crippen molar-refractivity contribution in [2.24, 2.45) is 0 Å². The van der Waals surface area contributed by atoms with Gasteiger partial charge in [-0.2, -0.15) is 0 Å². The summed E-state index contributed by atoms with van der Waals surface area (Å²) < 4.78 is 0. The Hall–Kier alpha value is -0.860. The molecule has 0 amide bonds. The summed E-state index contributed by atoms with van der Waals surface area (Å²) in [6.07, 6.45) is 1.15. The summed E-state index contributed by atoms with van der Waals surface area (Å²) in [7, 11) is 4.04. The average Bonchev–Trinajstić information content (AvgIpc) is 2.35. The van der Waals surface area contributed by atoms with E-state index in [1.807, 2.05) is 0 Å². The second kappa shape index (κ2) is 5.65. The Balaban J connectivity index is 2.20. The first-order chi connectivity index (χ1) is 8.24. The monoisotopic (exact) mass is 231 g/mol. The van der Waals surface area contributed by atoms with Gasteiger partial charge in [0.05, 0.1) is 0 Å². The van der Waals surface area contributed by atoms with Gasteiger partial charge in [0, 0.05) is 6.54 Å². The summed E-state index contributed by atoms with van der Waals surface area (Å²) in [5.74, 6) is 0. The molecule has 0 aromatic heterocycles. The van der Waals surface area contributed by atoms with Gasteiger partial charge >= 0.3 is 0 Å². The average molecular weight is 231 g/mol. The molecule has 0 atom stereocenters. The number of nitrogens with zero attached hydrogens (tertiary/aromatic N) is 2. The van der Waals surface area contributed by atoms with Crippen molar-refractivity contribution in [3.63, 3.8) is 0 Å². The largest absolute Gasteiger partial charge is 0.455 e. The van der Waals surface area contributed by atoms with Crippen LogP contribution in [-0.4, -0.2) is 29.4 Å². The molecule has 1 heterocycles. The summed E-state index contributed by atoms with van der Waals surface area (Å²) in [5, 5.41) is 0. The summed E-state index contributed by atoms with van der Waals surface area (Å²) >= 11 is 0. The van der Waals surface area contributed by atoms with Crippen molar-refractivity contribution in [2.45, 2.75) is 33.4 Å². The van der Waals surface area contributed by atoms with Crippen LogP contribution >= 0.6 is 0 Å². The second-order valence-electron chi connectivity index (χ2n) is 4.82. The van der Waals surface area contributed by atoms with E-state index in [1.165, 1.54) is 11.1 Å². The summed E-state index contributed by atoms with van der Waals surface area (Å²) in [6, 6.07) is 6.73. The van der Waals surface area contributed by atoms with Gasteiger partial charge in [-0.05, 0) is 49.3 Å². The lowest BCUT2D eigenvalue weighted by Crippen LogP contribution is -2.28. The molecule has 17 heavy (non-hydrogen) atoms. The molecule has 94 valence electrons. The molecule has 2 heteroatoms. The lowest BCUT2D eigenvalue weighted by Gasteiger charge is -2.33. The maximum absolute atomic E-state index is 4.04. The minimum atomic E-state index is 1.00. The van der Waals surface area contributed by atoms with Gasteiger partial charge in [0.1, 0.15) is 0 Å². The molecule has 2 rings (SSSR count). The van der Waals surface area contributed by atoms with Gasteiger partial charge in [-0.25, -0.2) is 0 Å². The summed E-state index contributed by atoms with van der Waals surface area (Å²) in [6.45, 7) is 9.90. The zero-order valence-corrected chi connectivity index (χ0v) is 11.1. The molecule has 2 nitrogen and oxygen atoms in total. The van der Waals surface area contributed by atoms with E-state index in [4.69, 9.17) is 0 Å². The predicted octanol–water partition coefficient (Wildman–Crippen LogP) is 2.68. The predicted molar refractivity (Wildman–Crippen MR) is 72.5 cm³/mol. The number of fused-ring (bicyclic) bond motifs is 1. The SMILES string of the molecule is [CH2-]N1CCc2c(cccc2CN(CC)CC)C1. The van der Waals surface area contributed by atoms with E-state index in [-0.39, 0.29) is 0 Å². The van der Waals surface area contributed by atoms with Gasteiger partial charge in [0.2, 0.25) is 0 Å². The molecule has 0 aliphatic carbocycles. The Labute approximate surface area is 105 Å². The third-order valence-electron chi connectivity index (χ3n) is 3.73. The first-order valence-electron chi connectivity index (χ1n) is 6.62. The highest BCUT2D eigenvalue weighted by Crippen LogP contribution is 2.23. The fourth-order valence-electron chi connectivity index (χ4n) is 2.58. The van der Waals surface area contributed by atoms with E-state index in [2.05, 4.69) is 48.9 Å². The third-order valence-corrected chi connectivity index (χ3v) is 3.73. The minimum Gasteiger partial charge on any atom is -0.455 e. The molecule has 0 fully saturated rings. The Morgan fingerprint density at radius 2 is 2.06 bits per heavy atom. The standard InChI is InChI=1S/C15H23N2/c1-4-17(5-2)12-14-8-6-7-13-11-16(3)10-9-15(13)14/h6-8H,3-5,9-12H2,1-2H3/q-1. The molecule has 0 spiro atoms. The normalized spacial score (nSPS) is 16.2. The van der Waals surface area contributed by atoms with Crippen molar-refractivity contribution in [2.75, 3.05) is 19.6 Å². The molecular weight excluding hydrogens is 208 g/mol. The molecule has 1 aromatic carbocycles. The molecule has 0 unspecified atom stereocenters. The second-order valence-corrected chi connectivity index (χ2v) is 4.82. The highest BCUT2D eigenvalue weighted by Gasteiger charge is 2.14. The Morgan fingerprint density at radius 1 is 1.29 bits per heavy atom. The summed E-state index contributed by atoms with van der Waals surface area (Å²) in [4.78, 5) is 4.63. The Bertz CT molecular complexity index is 369. The van der Waals surface area contributed by atoms with Crippen LogP contribution < -0.4 is 0 Å². The van der Waals surface area contributed by atoms with Crippen molar-refractivity contribution in [3.8, 4) is 0 Å². The highest BCUT2D eigenvalue weighted by molar-refractivity contribution is 5.37. The van der Waals surface area contributed by atoms with Crippen molar-refractivity contribution in [1.29, 1.82) is 0 Å². The van der Waals surface area contributed by atoms with E-state index in [1.54, 1.807) is 5.56 Å². The summed E-state index contributed by atoms with van der Waals surface area (Å²) in [5.41, 5.74) is 4.55. The number of hydrogen-bond acceptors (Lipinski definition) is 2. The molecule has 0 radical (unpaired) electrons. The number of rotatable bonds is 4. The first kappa shape index (κ1) is 12.6. The number of hydrogen-bond donors (Lipinski definition) is 0. The van der Waals surface area contributed by atoms with Crippen molar-refractivity contribution < 1.29 is 0 Å². The lowest BCUT2D eigenvalue weighted by molar-refractivity contribution is 0.291. The van der Waals surface area contributed by atoms with E-state index in [9.17, 15) is 0 Å². The maximum atomic E-state index is 4.04. The fourth-order valence-corrected chi connectivity index (χ4v) is 2.58. The first-order valence-corrected chi connectivity index (χ1v) is 6.62. The zero-order valence-electron chi connectivity index (χ0n) is 11.1. The topological polar surface area (TPSA) is 6.48 Å². The molecule has 1 aliphatic heterocycles. The molecule has 0 saturated heterocycles. The van der Waals surface area contributed by atoms with Gasteiger partial charge in [0.25, 0.3) is 0 Å².